The van der Waals surface area contributed by atoms with Crippen LogP contribution in [0, 0.1) is 0 Å². The maximum atomic E-state index is 12.4. The third-order valence-electron chi connectivity index (χ3n) is 3.82. The molecule has 0 aliphatic heterocycles. The zero-order chi connectivity index (χ0) is 24.1. The van der Waals surface area contributed by atoms with Gasteiger partial charge in [0.1, 0.15) is 6.04 Å². The Balaban J connectivity index is 5.02. The van der Waals surface area contributed by atoms with Gasteiger partial charge in [0.15, 0.2) is 12.0 Å². The lowest BCUT2D eigenvalue weighted by Crippen LogP contribution is -2.56. The van der Waals surface area contributed by atoms with Crippen LogP contribution in [0.1, 0.15) is 26.2 Å². The highest BCUT2D eigenvalue weighted by Gasteiger charge is 2.29. The number of nitrogens with two attached hydrogens (primary N) is 4. The second-order valence-corrected chi connectivity index (χ2v) is 6.63. The maximum Gasteiger partial charge on any atom is 0.328 e. The fourth-order valence-corrected chi connectivity index (χ4v) is 2.27. The molecule has 0 rings (SSSR count). The van der Waals surface area contributed by atoms with Crippen LogP contribution >= 0.6 is 0 Å². The molecule has 13 N–H and O–H groups in total. The molecule has 0 aliphatic carbocycles. The summed E-state index contributed by atoms with van der Waals surface area (Å²) in [5.74, 6) is -4.89. The number of nitrogens with one attached hydrogen (secondary N) is 3. The largest absolute Gasteiger partial charge is 0.480 e. The van der Waals surface area contributed by atoms with E-state index in [0.29, 0.717) is 0 Å². The van der Waals surface area contributed by atoms with Crippen LogP contribution in [0.15, 0.2) is 4.99 Å². The van der Waals surface area contributed by atoms with Crippen LogP contribution in [-0.4, -0.2) is 83.1 Å². The minimum atomic E-state index is -1.60. The van der Waals surface area contributed by atoms with Crippen molar-refractivity contribution in [3.63, 3.8) is 0 Å². The van der Waals surface area contributed by atoms with Crippen molar-refractivity contribution in [1.82, 2.24) is 16.0 Å². The number of amides is 4. The number of primary amides is 1. The number of aliphatic hydroxyl groups is 1. The van der Waals surface area contributed by atoms with Gasteiger partial charge in [0.2, 0.25) is 23.6 Å². The predicted octanol–water partition coefficient (Wildman–Crippen LogP) is -5.21. The molecular formula is C16H30N8O7. The van der Waals surface area contributed by atoms with Crippen molar-refractivity contribution in [1.29, 1.82) is 0 Å². The highest BCUT2D eigenvalue weighted by Crippen LogP contribution is 2.02. The van der Waals surface area contributed by atoms with Crippen molar-refractivity contribution >= 4 is 35.6 Å². The maximum absolute atomic E-state index is 12.4. The zero-order valence-corrected chi connectivity index (χ0v) is 17.0. The molecule has 176 valence electrons. The van der Waals surface area contributed by atoms with Gasteiger partial charge in [0, 0.05) is 6.54 Å². The van der Waals surface area contributed by atoms with Gasteiger partial charge in [-0.2, -0.15) is 0 Å². The van der Waals surface area contributed by atoms with Gasteiger partial charge in [0.05, 0.1) is 25.1 Å². The number of rotatable bonds is 14. The standard InChI is InChI=1S/C16H30N8O7/c1-7(25)12(15(30)31)24-14(29)9(3-2-4-21-16(19)20)23-11(27)6-22-13(28)8(17)5-10(18)26/h7-9,12,25H,2-6,17H2,1H3,(H2,18,26)(H,22,28)(H,23,27)(H,24,29)(H,30,31)(H4,19,20,21). The number of carboxylic acid groups (broad SMARTS) is 1. The van der Waals surface area contributed by atoms with Gasteiger partial charge in [-0.1, -0.05) is 0 Å². The Hall–Kier alpha value is -3.46. The number of carboxylic acids is 1. The summed E-state index contributed by atoms with van der Waals surface area (Å²) >= 11 is 0. The van der Waals surface area contributed by atoms with Gasteiger partial charge >= 0.3 is 5.97 Å². The average Bonchev–Trinajstić information content (AvgIpc) is 2.64. The average molecular weight is 446 g/mol. The fourth-order valence-electron chi connectivity index (χ4n) is 2.27. The first-order valence-corrected chi connectivity index (χ1v) is 9.22. The minimum Gasteiger partial charge on any atom is -0.480 e. The van der Waals surface area contributed by atoms with Crippen molar-refractivity contribution in [3.8, 4) is 0 Å². The third kappa shape index (κ3) is 12.0. The van der Waals surface area contributed by atoms with Crippen LogP contribution in [0.25, 0.3) is 0 Å². The van der Waals surface area contributed by atoms with Gasteiger partial charge in [0.25, 0.3) is 0 Å². The van der Waals surface area contributed by atoms with E-state index in [1.165, 1.54) is 6.92 Å². The number of aliphatic hydroxyl groups excluding tert-OH is 1. The molecule has 0 aliphatic rings. The van der Waals surface area contributed by atoms with Crippen LogP contribution in [0.5, 0.6) is 0 Å². The molecule has 4 amide bonds. The van der Waals surface area contributed by atoms with Crippen LogP contribution in [0.2, 0.25) is 0 Å². The molecule has 4 unspecified atom stereocenters. The van der Waals surface area contributed by atoms with Crippen molar-refractivity contribution < 1.29 is 34.2 Å². The van der Waals surface area contributed by atoms with E-state index < -0.39 is 66.8 Å². The smallest absolute Gasteiger partial charge is 0.328 e. The minimum absolute atomic E-state index is 0.0234. The first kappa shape index (κ1) is 27.5. The number of guanidine groups is 1. The van der Waals surface area contributed by atoms with Crippen LogP contribution in [0.4, 0.5) is 0 Å². The van der Waals surface area contributed by atoms with E-state index in [1.54, 1.807) is 0 Å². The topological polar surface area (TPSA) is 278 Å². The summed E-state index contributed by atoms with van der Waals surface area (Å²) < 4.78 is 0. The number of aliphatic carboxylic acids is 1. The second-order valence-electron chi connectivity index (χ2n) is 6.63. The Morgan fingerprint density at radius 1 is 1.03 bits per heavy atom. The predicted molar refractivity (Wildman–Crippen MR) is 108 cm³/mol. The molecule has 0 heterocycles. The quantitative estimate of drug-likeness (QED) is 0.0694. The van der Waals surface area contributed by atoms with E-state index in [2.05, 4.69) is 20.9 Å². The molecule has 0 radical (unpaired) electrons. The molecule has 0 spiro atoms. The lowest BCUT2D eigenvalue weighted by molar-refractivity contribution is -0.145. The Labute approximate surface area is 178 Å². The first-order valence-electron chi connectivity index (χ1n) is 9.22. The molecule has 0 aromatic heterocycles. The normalized spacial score (nSPS) is 14.3. The Kier molecular flexibility index (Phi) is 12.2. The van der Waals surface area contributed by atoms with Crippen molar-refractivity contribution in [2.24, 2.45) is 27.9 Å². The molecular weight excluding hydrogens is 416 g/mol. The highest BCUT2D eigenvalue weighted by molar-refractivity contribution is 5.93. The fraction of sp³-hybridized carbons (Fsp3) is 0.625. The molecule has 0 bridgehead atoms. The van der Waals surface area contributed by atoms with Gasteiger partial charge in [-0.25, -0.2) is 4.79 Å². The SMILES string of the molecule is CC(O)C(NC(=O)C(CCCN=C(N)N)NC(=O)CNC(=O)C(N)CC(N)=O)C(=O)O. The summed E-state index contributed by atoms with van der Waals surface area (Å²) in [5, 5.41) is 25.3. The van der Waals surface area contributed by atoms with Gasteiger partial charge in [-0.3, -0.25) is 24.2 Å². The molecule has 0 saturated carbocycles. The number of nitrogens with zero attached hydrogens (tertiary/aromatic N) is 1. The summed E-state index contributed by atoms with van der Waals surface area (Å²) in [6.45, 7) is 0.747. The van der Waals surface area contributed by atoms with E-state index in [4.69, 9.17) is 28.0 Å². The van der Waals surface area contributed by atoms with Gasteiger partial charge in [-0.15, -0.1) is 0 Å². The first-order chi connectivity index (χ1) is 14.3. The van der Waals surface area contributed by atoms with Crippen molar-refractivity contribution in [2.45, 2.75) is 50.4 Å². The summed E-state index contributed by atoms with van der Waals surface area (Å²) in [7, 11) is 0. The highest BCUT2D eigenvalue weighted by atomic mass is 16.4. The number of hydrogen-bond donors (Lipinski definition) is 9. The van der Waals surface area contributed by atoms with Crippen LogP contribution in [-0.2, 0) is 24.0 Å². The molecule has 0 aromatic carbocycles. The molecule has 15 heteroatoms. The van der Waals surface area contributed by atoms with Crippen LogP contribution in [0.3, 0.4) is 0 Å². The molecule has 0 aromatic rings. The summed E-state index contributed by atoms with van der Waals surface area (Å²) in [5.41, 5.74) is 20.8. The third-order valence-corrected chi connectivity index (χ3v) is 3.82. The van der Waals surface area contributed by atoms with E-state index in [-0.39, 0.29) is 25.3 Å². The Morgan fingerprint density at radius 2 is 1.65 bits per heavy atom. The second kappa shape index (κ2) is 13.7. The number of aliphatic imine (C=N–C) groups is 1. The monoisotopic (exact) mass is 446 g/mol. The van der Waals surface area contributed by atoms with Gasteiger partial charge < -0.3 is 49.1 Å². The molecule has 4 atom stereocenters. The Morgan fingerprint density at radius 3 is 2.13 bits per heavy atom. The molecule has 31 heavy (non-hydrogen) atoms. The molecule has 0 fully saturated rings. The van der Waals surface area contributed by atoms with Crippen molar-refractivity contribution in [3.05, 3.63) is 0 Å². The van der Waals surface area contributed by atoms with Gasteiger partial charge in [-0.05, 0) is 19.8 Å². The summed E-state index contributed by atoms with van der Waals surface area (Å²) in [4.78, 5) is 62.0. The van der Waals surface area contributed by atoms with E-state index in [9.17, 15) is 29.1 Å². The van der Waals surface area contributed by atoms with Crippen molar-refractivity contribution in [2.75, 3.05) is 13.1 Å². The lowest BCUT2D eigenvalue weighted by atomic mass is 10.1. The lowest BCUT2D eigenvalue weighted by Gasteiger charge is -2.23. The number of carbonyl (C=O) groups is 5. The van der Waals surface area contributed by atoms with E-state index >= 15 is 0 Å². The van der Waals surface area contributed by atoms with E-state index in [1.807, 2.05) is 0 Å². The van der Waals surface area contributed by atoms with Crippen LogP contribution < -0.4 is 38.9 Å². The Bertz CT molecular complexity index is 693. The molecule has 15 nitrogen and oxygen atoms in total. The summed E-state index contributed by atoms with van der Waals surface area (Å²) in [6, 6.07) is -4.05. The van der Waals surface area contributed by atoms with E-state index in [0.717, 1.165) is 0 Å². The zero-order valence-electron chi connectivity index (χ0n) is 17.0. The number of hydrogen-bond acceptors (Lipinski definition) is 8. The number of carbonyl (C=O) groups excluding carboxylic acids is 4. The summed E-state index contributed by atoms with van der Waals surface area (Å²) in [6.07, 6.45) is -1.54. The molecule has 0 saturated heterocycles.